The van der Waals surface area contributed by atoms with Crippen molar-refractivity contribution in [3.8, 4) is 5.75 Å². The number of nitro benzene ring substituents is 1. The van der Waals surface area contributed by atoms with Crippen LogP contribution in [0.4, 0.5) is 17.1 Å². The zero-order valence-electron chi connectivity index (χ0n) is 18.1. The predicted octanol–water partition coefficient (Wildman–Crippen LogP) is 5.95. The molecule has 0 aliphatic rings. The molecule has 1 heterocycles. The van der Waals surface area contributed by atoms with Gasteiger partial charge in [-0.15, -0.1) is 11.3 Å². The largest absolute Gasteiger partial charge is 0.507 e. The van der Waals surface area contributed by atoms with Crippen LogP contribution in [0.25, 0.3) is 10.2 Å². The Kier molecular flexibility index (Phi) is 7.19. The van der Waals surface area contributed by atoms with Gasteiger partial charge in [0.1, 0.15) is 5.75 Å². The fraction of sp³-hybridized carbons (Fsp3) is 0.125. The van der Waals surface area contributed by atoms with Crippen LogP contribution in [0.15, 0.2) is 70.0 Å². The van der Waals surface area contributed by atoms with Gasteiger partial charge in [0.25, 0.3) is 5.69 Å². The maximum absolute atomic E-state index is 12.3. The molecule has 0 unspecified atom stereocenters. The summed E-state index contributed by atoms with van der Waals surface area (Å²) in [6, 6.07) is 17.0. The van der Waals surface area contributed by atoms with E-state index in [0.29, 0.717) is 5.69 Å². The van der Waals surface area contributed by atoms with Gasteiger partial charge in [-0.05, 0) is 48.4 Å². The van der Waals surface area contributed by atoms with Crippen molar-refractivity contribution >= 4 is 62.5 Å². The third-order valence-electron chi connectivity index (χ3n) is 4.90. The number of thioether (sulfide) groups is 1. The number of nitrogens with zero attached hydrogens (tertiary/aromatic N) is 3. The molecule has 0 spiro atoms. The van der Waals surface area contributed by atoms with E-state index in [1.807, 2.05) is 36.4 Å². The number of anilines is 1. The van der Waals surface area contributed by atoms with Gasteiger partial charge in [0, 0.05) is 29.6 Å². The molecule has 0 saturated carbocycles. The summed E-state index contributed by atoms with van der Waals surface area (Å²) in [7, 11) is 0. The van der Waals surface area contributed by atoms with Crippen molar-refractivity contribution in [1.82, 2.24) is 4.98 Å². The molecule has 2 N–H and O–H groups in total. The molecular weight excluding hydrogens is 472 g/mol. The summed E-state index contributed by atoms with van der Waals surface area (Å²) >= 11 is 2.82. The third-order valence-corrected chi connectivity index (χ3v) is 7.06. The average Bonchev–Trinajstić information content (AvgIpc) is 3.25. The second kappa shape index (κ2) is 10.4. The third kappa shape index (κ3) is 5.77. The van der Waals surface area contributed by atoms with Gasteiger partial charge in [-0.25, -0.2) is 4.98 Å². The van der Waals surface area contributed by atoms with Gasteiger partial charge in [0.15, 0.2) is 4.34 Å². The van der Waals surface area contributed by atoms with Crippen LogP contribution in [0, 0.1) is 10.1 Å². The number of hydrogen-bond donors (Lipinski definition) is 2. The van der Waals surface area contributed by atoms with Crippen LogP contribution in [0.3, 0.4) is 0 Å². The Morgan fingerprint density at radius 2 is 2.00 bits per heavy atom. The highest BCUT2D eigenvalue weighted by atomic mass is 32.2. The number of hydrogen-bond acceptors (Lipinski definition) is 8. The zero-order valence-corrected chi connectivity index (χ0v) is 19.7. The molecule has 3 aromatic carbocycles. The number of rotatable bonds is 8. The van der Waals surface area contributed by atoms with Crippen molar-refractivity contribution in [2.24, 2.45) is 4.99 Å². The second-order valence-electron chi connectivity index (χ2n) is 7.28. The van der Waals surface area contributed by atoms with Crippen molar-refractivity contribution in [3.63, 3.8) is 0 Å². The highest BCUT2D eigenvalue weighted by Crippen LogP contribution is 2.32. The molecule has 0 bridgehead atoms. The summed E-state index contributed by atoms with van der Waals surface area (Å²) in [5.74, 6) is 0.0499. The number of aromatic nitrogens is 1. The number of phenols is 1. The van der Waals surface area contributed by atoms with Crippen molar-refractivity contribution < 1.29 is 14.8 Å². The monoisotopic (exact) mass is 492 g/mol. The fourth-order valence-corrected chi connectivity index (χ4v) is 4.99. The molecular formula is C24H20N4O4S2. The van der Waals surface area contributed by atoms with Crippen molar-refractivity contribution in [1.29, 1.82) is 0 Å². The SMILES string of the molecule is CCc1ccc(NC(=O)CSc2nc3ccc(N=Cc4cc([N+](=O)[O-])ccc4O)cc3s2)cc1. The molecule has 0 saturated heterocycles. The molecule has 4 rings (SSSR count). The van der Waals surface area contributed by atoms with E-state index in [1.54, 1.807) is 6.07 Å². The molecule has 0 aliphatic heterocycles. The lowest BCUT2D eigenvalue weighted by molar-refractivity contribution is -0.384. The summed E-state index contributed by atoms with van der Waals surface area (Å²) in [6.45, 7) is 2.08. The normalized spacial score (nSPS) is 11.2. The molecule has 4 aromatic rings. The molecule has 0 atom stereocenters. The van der Waals surface area contributed by atoms with Crippen LogP contribution in [0.1, 0.15) is 18.1 Å². The van der Waals surface area contributed by atoms with Crippen molar-refractivity contribution in [2.75, 3.05) is 11.1 Å². The van der Waals surface area contributed by atoms with E-state index in [9.17, 15) is 20.0 Å². The van der Waals surface area contributed by atoms with Crippen LogP contribution in [0.2, 0.25) is 0 Å². The highest BCUT2D eigenvalue weighted by Gasteiger charge is 2.10. The number of phenolic OH excluding ortho intramolecular Hbond substituents is 1. The number of aryl methyl sites for hydroxylation is 1. The van der Waals surface area contributed by atoms with Gasteiger partial charge >= 0.3 is 0 Å². The Balaban J connectivity index is 1.41. The lowest BCUT2D eigenvalue weighted by Gasteiger charge is -2.05. The zero-order chi connectivity index (χ0) is 24.1. The van der Waals surface area contributed by atoms with Gasteiger partial charge in [0.2, 0.25) is 5.91 Å². The molecule has 0 aliphatic carbocycles. The van der Waals surface area contributed by atoms with Crippen LogP contribution < -0.4 is 5.32 Å². The standard InChI is InChI=1S/C24H20N4O4S2/c1-2-15-3-5-17(6-4-15)26-23(30)14-33-24-27-20-9-7-18(12-22(20)34-24)25-13-16-11-19(28(31)32)8-10-21(16)29/h3-13,29H,2,14H2,1H3,(H,26,30). The molecule has 0 radical (unpaired) electrons. The quantitative estimate of drug-likeness (QED) is 0.136. The van der Waals surface area contributed by atoms with E-state index >= 15 is 0 Å². The predicted molar refractivity (Wildman–Crippen MR) is 137 cm³/mol. The number of aliphatic imine (C=N–C) groups is 1. The number of amides is 1. The highest BCUT2D eigenvalue weighted by molar-refractivity contribution is 8.01. The Labute approximate surface area is 203 Å². The van der Waals surface area contributed by atoms with E-state index in [2.05, 4.69) is 22.2 Å². The first-order valence-electron chi connectivity index (χ1n) is 10.3. The average molecular weight is 493 g/mol. The molecule has 34 heavy (non-hydrogen) atoms. The topological polar surface area (TPSA) is 118 Å². The van der Waals surface area contributed by atoms with E-state index in [1.165, 1.54) is 53.1 Å². The van der Waals surface area contributed by atoms with E-state index < -0.39 is 4.92 Å². The Bertz CT molecular complexity index is 1380. The second-order valence-corrected chi connectivity index (χ2v) is 9.53. The molecule has 1 amide bonds. The fourth-order valence-electron chi connectivity index (χ4n) is 3.09. The lowest BCUT2D eigenvalue weighted by Crippen LogP contribution is -2.13. The Hall–Kier alpha value is -3.76. The maximum atomic E-state index is 12.3. The van der Waals surface area contributed by atoms with Gasteiger partial charge < -0.3 is 10.4 Å². The van der Waals surface area contributed by atoms with E-state index in [-0.39, 0.29) is 28.7 Å². The van der Waals surface area contributed by atoms with Gasteiger partial charge in [-0.1, -0.05) is 30.8 Å². The lowest BCUT2D eigenvalue weighted by atomic mass is 10.1. The minimum absolute atomic E-state index is 0.0912. The summed E-state index contributed by atoms with van der Waals surface area (Å²) < 4.78 is 1.67. The molecule has 8 nitrogen and oxygen atoms in total. The van der Waals surface area contributed by atoms with E-state index in [0.717, 1.165) is 26.7 Å². The summed E-state index contributed by atoms with van der Waals surface area (Å²) in [5, 5.41) is 23.8. The minimum atomic E-state index is -0.526. The molecule has 10 heteroatoms. The number of carbonyl (C=O) groups excluding carboxylic acids is 1. The Morgan fingerprint density at radius 3 is 2.74 bits per heavy atom. The Morgan fingerprint density at radius 1 is 1.21 bits per heavy atom. The van der Waals surface area contributed by atoms with Crippen LogP contribution in [-0.2, 0) is 11.2 Å². The number of thiazole rings is 1. The van der Waals surface area contributed by atoms with Crippen molar-refractivity contribution in [3.05, 3.63) is 81.9 Å². The molecule has 0 fully saturated rings. The first-order valence-corrected chi connectivity index (χ1v) is 12.1. The molecule has 172 valence electrons. The summed E-state index contributed by atoms with van der Waals surface area (Å²) in [4.78, 5) is 31.6. The van der Waals surface area contributed by atoms with E-state index in [4.69, 9.17) is 0 Å². The maximum Gasteiger partial charge on any atom is 0.270 e. The number of nitrogens with one attached hydrogen (secondary N) is 1. The minimum Gasteiger partial charge on any atom is -0.507 e. The van der Waals surface area contributed by atoms with Gasteiger partial charge in [0.05, 0.1) is 26.6 Å². The number of benzene rings is 3. The van der Waals surface area contributed by atoms with Crippen molar-refractivity contribution in [2.45, 2.75) is 17.7 Å². The van der Waals surface area contributed by atoms with Crippen LogP contribution >= 0.6 is 23.1 Å². The summed E-state index contributed by atoms with van der Waals surface area (Å²) in [6.07, 6.45) is 2.34. The number of fused-ring (bicyclic) bond motifs is 1. The smallest absolute Gasteiger partial charge is 0.270 e. The first-order chi connectivity index (χ1) is 16.4. The number of carbonyl (C=O) groups is 1. The number of aromatic hydroxyl groups is 1. The first kappa shape index (κ1) is 23.4. The van der Waals surface area contributed by atoms with Gasteiger partial charge in [-0.2, -0.15) is 0 Å². The van der Waals surface area contributed by atoms with Crippen LogP contribution in [0.5, 0.6) is 5.75 Å². The number of nitro groups is 1. The molecule has 1 aromatic heterocycles. The summed E-state index contributed by atoms with van der Waals surface area (Å²) in [5.41, 5.74) is 3.52. The number of non-ortho nitro benzene ring substituents is 1. The van der Waals surface area contributed by atoms with Gasteiger partial charge in [-0.3, -0.25) is 19.9 Å². The van der Waals surface area contributed by atoms with Crippen LogP contribution in [-0.4, -0.2) is 32.9 Å².